The lowest BCUT2D eigenvalue weighted by Gasteiger charge is -2.21. The molecule has 1 saturated heterocycles. The Hall–Kier alpha value is -1.75. The third kappa shape index (κ3) is 3.29. The van der Waals surface area contributed by atoms with E-state index in [-0.39, 0.29) is 11.9 Å². The van der Waals surface area contributed by atoms with Gasteiger partial charge in [0.25, 0.3) is 0 Å². The van der Waals surface area contributed by atoms with E-state index in [4.69, 9.17) is 15.2 Å². The predicted octanol–water partition coefficient (Wildman–Crippen LogP) is 1.76. The monoisotopic (exact) mass is 292 g/mol. The molecular weight excluding hydrogens is 268 g/mol. The molecule has 1 heterocycles. The molecule has 0 aromatic heterocycles. The zero-order valence-corrected chi connectivity index (χ0v) is 13.0. The van der Waals surface area contributed by atoms with Crippen molar-refractivity contribution in [2.75, 3.05) is 26.8 Å². The van der Waals surface area contributed by atoms with Gasteiger partial charge in [-0.25, -0.2) is 0 Å². The van der Waals surface area contributed by atoms with E-state index in [0.717, 1.165) is 24.5 Å². The van der Waals surface area contributed by atoms with Gasteiger partial charge in [-0.2, -0.15) is 0 Å². The highest BCUT2D eigenvalue weighted by Crippen LogP contribution is 2.36. The predicted molar refractivity (Wildman–Crippen MR) is 81.8 cm³/mol. The Morgan fingerprint density at radius 2 is 2.19 bits per heavy atom. The van der Waals surface area contributed by atoms with Gasteiger partial charge in [-0.05, 0) is 31.0 Å². The summed E-state index contributed by atoms with van der Waals surface area (Å²) in [7, 11) is 1.63. The Labute approximate surface area is 126 Å². The van der Waals surface area contributed by atoms with Crippen LogP contribution in [0.5, 0.6) is 11.5 Å². The first-order chi connectivity index (χ1) is 10.1. The lowest BCUT2D eigenvalue weighted by atomic mass is 9.96. The van der Waals surface area contributed by atoms with Crippen molar-refractivity contribution in [3.8, 4) is 11.5 Å². The zero-order valence-electron chi connectivity index (χ0n) is 13.0. The van der Waals surface area contributed by atoms with E-state index in [2.05, 4.69) is 0 Å². The smallest absolute Gasteiger partial charge is 0.219 e. The first-order valence-electron chi connectivity index (χ1n) is 7.38. The average molecular weight is 292 g/mol. The number of benzene rings is 1. The van der Waals surface area contributed by atoms with Crippen molar-refractivity contribution in [1.29, 1.82) is 0 Å². The molecule has 5 heteroatoms. The molecule has 0 bridgehead atoms. The first-order valence-corrected chi connectivity index (χ1v) is 7.38. The molecule has 1 fully saturated rings. The van der Waals surface area contributed by atoms with Crippen molar-refractivity contribution in [3.05, 3.63) is 23.8 Å². The van der Waals surface area contributed by atoms with Crippen LogP contribution in [0.2, 0.25) is 0 Å². The number of hydrogen-bond donors (Lipinski definition) is 1. The molecule has 5 nitrogen and oxygen atoms in total. The van der Waals surface area contributed by atoms with Gasteiger partial charge in [0.1, 0.15) is 0 Å². The van der Waals surface area contributed by atoms with Crippen LogP contribution >= 0.6 is 0 Å². The summed E-state index contributed by atoms with van der Waals surface area (Å²) >= 11 is 0. The van der Waals surface area contributed by atoms with Gasteiger partial charge >= 0.3 is 0 Å². The third-order valence-corrected chi connectivity index (χ3v) is 4.05. The summed E-state index contributed by atoms with van der Waals surface area (Å²) < 4.78 is 10.9. The fourth-order valence-electron chi connectivity index (χ4n) is 2.98. The fraction of sp³-hybridized carbons (Fsp3) is 0.562. The van der Waals surface area contributed by atoms with Gasteiger partial charge in [0, 0.05) is 32.0 Å². The molecule has 116 valence electrons. The van der Waals surface area contributed by atoms with Gasteiger partial charge in [-0.1, -0.05) is 6.07 Å². The van der Waals surface area contributed by atoms with E-state index in [1.807, 2.05) is 30.0 Å². The Morgan fingerprint density at radius 3 is 2.71 bits per heavy atom. The minimum Gasteiger partial charge on any atom is -0.493 e. The van der Waals surface area contributed by atoms with Crippen LogP contribution in [0.3, 0.4) is 0 Å². The van der Waals surface area contributed by atoms with Crippen LogP contribution in [0, 0.1) is 0 Å². The van der Waals surface area contributed by atoms with E-state index < -0.39 is 0 Å². The summed E-state index contributed by atoms with van der Waals surface area (Å²) in [6.45, 7) is 5.36. The van der Waals surface area contributed by atoms with Crippen molar-refractivity contribution in [3.63, 3.8) is 0 Å². The number of carbonyl (C=O) groups excluding carboxylic acids is 1. The molecular formula is C16H24N2O3. The maximum atomic E-state index is 11.7. The quantitative estimate of drug-likeness (QED) is 0.898. The Balaban J connectivity index is 2.22. The summed E-state index contributed by atoms with van der Waals surface area (Å²) in [6.07, 6.45) is 0.897. The summed E-state index contributed by atoms with van der Waals surface area (Å²) in [5.41, 5.74) is 6.95. The lowest BCUT2D eigenvalue weighted by Crippen LogP contribution is -2.38. The fourth-order valence-corrected chi connectivity index (χ4v) is 2.98. The van der Waals surface area contributed by atoms with Crippen molar-refractivity contribution in [2.45, 2.75) is 32.2 Å². The van der Waals surface area contributed by atoms with Crippen LogP contribution in [0.15, 0.2) is 18.2 Å². The molecule has 0 unspecified atom stereocenters. The lowest BCUT2D eigenvalue weighted by molar-refractivity contribution is -0.129. The molecule has 0 saturated carbocycles. The molecule has 1 aliphatic heterocycles. The SMILES string of the molecule is CCOc1cc([C@@H]2C[C@H](CN)N(C(C)=O)C2)ccc1OC. The molecule has 1 amide bonds. The van der Waals surface area contributed by atoms with Gasteiger partial charge in [0.05, 0.1) is 13.7 Å². The van der Waals surface area contributed by atoms with E-state index in [9.17, 15) is 4.79 Å². The number of hydrogen-bond acceptors (Lipinski definition) is 4. The zero-order chi connectivity index (χ0) is 15.4. The molecule has 2 N–H and O–H groups in total. The highest BCUT2D eigenvalue weighted by molar-refractivity contribution is 5.74. The largest absolute Gasteiger partial charge is 0.493 e. The van der Waals surface area contributed by atoms with Crippen LogP contribution in [0.25, 0.3) is 0 Å². The topological polar surface area (TPSA) is 64.8 Å². The highest BCUT2D eigenvalue weighted by atomic mass is 16.5. The second-order valence-corrected chi connectivity index (χ2v) is 5.34. The number of ether oxygens (including phenoxy) is 2. The van der Waals surface area contributed by atoms with Crippen LogP contribution in [0.4, 0.5) is 0 Å². The summed E-state index contributed by atoms with van der Waals surface area (Å²) in [4.78, 5) is 13.6. The van der Waals surface area contributed by atoms with Crippen LogP contribution in [-0.4, -0.2) is 43.7 Å². The number of nitrogens with zero attached hydrogens (tertiary/aromatic N) is 1. The molecule has 1 aromatic carbocycles. The normalized spacial score (nSPS) is 21.4. The maximum Gasteiger partial charge on any atom is 0.219 e. The van der Waals surface area contributed by atoms with E-state index in [1.165, 1.54) is 5.56 Å². The molecule has 2 rings (SSSR count). The van der Waals surface area contributed by atoms with Crippen LogP contribution in [-0.2, 0) is 4.79 Å². The second kappa shape index (κ2) is 6.80. The number of nitrogens with two attached hydrogens (primary N) is 1. The van der Waals surface area contributed by atoms with E-state index in [0.29, 0.717) is 19.1 Å². The Kier molecular flexibility index (Phi) is 5.07. The first kappa shape index (κ1) is 15.6. The van der Waals surface area contributed by atoms with Crippen molar-refractivity contribution >= 4 is 5.91 Å². The molecule has 0 radical (unpaired) electrons. The molecule has 21 heavy (non-hydrogen) atoms. The summed E-state index contributed by atoms with van der Waals surface area (Å²) in [5, 5.41) is 0. The standard InChI is InChI=1S/C16H24N2O3/c1-4-21-16-8-12(5-6-15(16)20-3)13-7-14(9-17)18(10-13)11(2)19/h5-6,8,13-14H,4,7,9-10,17H2,1-3H3/t13-,14-/m1/s1. The minimum absolute atomic E-state index is 0.0893. The molecule has 1 aliphatic rings. The number of amides is 1. The van der Waals surface area contributed by atoms with Gasteiger partial charge in [0.15, 0.2) is 11.5 Å². The third-order valence-electron chi connectivity index (χ3n) is 4.05. The number of methoxy groups -OCH3 is 1. The van der Waals surface area contributed by atoms with Crippen LogP contribution < -0.4 is 15.2 Å². The van der Waals surface area contributed by atoms with E-state index in [1.54, 1.807) is 14.0 Å². The van der Waals surface area contributed by atoms with Gasteiger partial charge < -0.3 is 20.1 Å². The van der Waals surface area contributed by atoms with Crippen molar-refractivity contribution in [2.24, 2.45) is 5.73 Å². The van der Waals surface area contributed by atoms with Crippen molar-refractivity contribution < 1.29 is 14.3 Å². The molecule has 0 aliphatic carbocycles. The molecule has 0 spiro atoms. The molecule has 2 atom stereocenters. The van der Waals surface area contributed by atoms with Crippen LogP contribution in [0.1, 0.15) is 31.7 Å². The second-order valence-electron chi connectivity index (χ2n) is 5.34. The van der Waals surface area contributed by atoms with Gasteiger partial charge in [-0.3, -0.25) is 4.79 Å². The summed E-state index contributed by atoms with van der Waals surface area (Å²) in [5.74, 6) is 1.87. The minimum atomic E-state index is 0.0893. The van der Waals surface area contributed by atoms with E-state index >= 15 is 0 Å². The number of carbonyl (C=O) groups is 1. The average Bonchev–Trinajstić information content (AvgIpc) is 2.92. The summed E-state index contributed by atoms with van der Waals surface area (Å²) in [6, 6.07) is 6.12. The Morgan fingerprint density at radius 1 is 1.43 bits per heavy atom. The molecule has 1 aromatic rings. The highest BCUT2D eigenvalue weighted by Gasteiger charge is 2.33. The maximum absolute atomic E-state index is 11.7. The Bertz CT molecular complexity index is 504. The van der Waals surface area contributed by atoms with Crippen molar-refractivity contribution in [1.82, 2.24) is 4.90 Å². The van der Waals surface area contributed by atoms with Gasteiger partial charge in [0.2, 0.25) is 5.91 Å². The van der Waals surface area contributed by atoms with Gasteiger partial charge in [-0.15, -0.1) is 0 Å². The number of rotatable bonds is 5. The number of likely N-dealkylation sites (tertiary alicyclic amines) is 1.